The Bertz CT molecular complexity index is 632. The predicted octanol–water partition coefficient (Wildman–Crippen LogP) is 3.45. The minimum Gasteiger partial charge on any atom is -0.353 e. The zero-order chi connectivity index (χ0) is 19.2. The Morgan fingerprint density at radius 3 is 2.56 bits per heavy atom. The summed E-state index contributed by atoms with van der Waals surface area (Å²) >= 11 is 0. The van der Waals surface area contributed by atoms with Crippen molar-refractivity contribution >= 4 is 12.0 Å². The van der Waals surface area contributed by atoms with E-state index in [1.165, 1.54) is 12.0 Å². The highest BCUT2D eigenvalue weighted by molar-refractivity contribution is 5.78. The Kier molecular flexibility index (Phi) is 7.08. The minimum absolute atomic E-state index is 0.150. The van der Waals surface area contributed by atoms with Gasteiger partial charge in [0, 0.05) is 31.2 Å². The summed E-state index contributed by atoms with van der Waals surface area (Å²) in [5.74, 6) is 0.849. The Balaban J connectivity index is 1.41. The quantitative estimate of drug-likeness (QED) is 0.738. The first-order valence-corrected chi connectivity index (χ1v) is 10.6. The summed E-state index contributed by atoms with van der Waals surface area (Å²) in [5.41, 5.74) is 2.88. The van der Waals surface area contributed by atoms with E-state index in [4.69, 9.17) is 0 Å². The van der Waals surface area contributed by atoms with Gasteiger partial charge in [0.2, 0.25) is 5.91 Å². The van der Waals surface area contributed by atoms with Crippen LogP contribution in [0.25, 0.3) is 6.08 Å². The molecule has 4 heteroatoms. The van der Waals surface area contributed by atoms with E-state index in [9.17, 15) is 4.79 Å². The van der Waals surface area contributed by atoms with Gasteiger partial charge in [0.15, 0.2) is 0 Å². The molecule has 1 aromatic rings. The van der Waals surface area contributed by atoms with E-state index in [1.807, 2.05) is 13.8 Å². The van der Waals surface area contributed by atoms with Gasteiger partial charge in [-0.15, -0.1) is 0 Å². The molecule has 2 aliphatic rings. The van der Waals surface area contributed by atoms with Gasteiger partial charge < -0.3 is 10.6 Å². The number of benzene rings is 1. The molecule has 1 aliphatic heterocycles. The SMILES string of the molecule is CC/C(=C\c1ccccc1)[C@H]1C[C@@H]1NC1CCN(CC(=O)NC(C)C)CC1. The van der Waals surface area contributed by atoms with Crippen molar-refractivity contribution in [1.29, 1.82) is 0 Å². The second kappa shape index (κ2) is 9.52. The summed E-state index contributed by atoms with van der Waals surface area (Å²) in [5, 5.41) is 6.87. The van der Waals surface area contributed by atoms with Gasteiger partial charge in [-0.3, -0.25) is 9.69 Å². The molecule has 2 fully saturated rings. The molecule has 0 spiro atoms. The summed E-state index contributed by atoms with van der Waals surface area (Å²) < 4.78 is 0. The van der Waals surface area contributed by atoms with Gasteiger partial charge in [0.25, 0.3) is 0 Å². The maximum absolute atomic E-state index is 11.9. The third-order valence-corrected chi connectivity index (χ3v) is 5.68. The van der Waals surface area contributed by atoms with Crippen molar-refractivity contribution in [3.05, 3.63) is 41.5 Å². The molecule has 0 radical (unpaired) electrons. The number of nitrogens with one attached hydrogen (secondary N) is 2. The molecule has 148 valence electrons. The summed E-state index contributed by atoms with van der Waals surface area (Å²) in [6.07, 6.45) is 7.05. The van der Waals surface area contributed by atoms with Gasteiger partial charge >= 0.3 is 0 Å². The molecule has 0 bridgehead atoms. The third kappa shape index (κ3) is 6.18. The van der Waals surface area contributed by atoms with Crippen LogP contribution in [0, 0.1) is 5.92 Å². The monoisotopic (exact) mass is 369 g/mol. The van der Waals surface area contributed by atoms with E-state index < -0.39 is 0 Å². The molecule has 2 N–H and O–H groups in total. The largest absolute Gasteiger partial charge is 0.353 e. The highest BCUT2D eigenvalue weighted by Gasteiger charge is 2.40. The fourth-order valence-corrected chi connectivity index (χ4v) is 4.15. The number of rotatable bonds is 8. The van der Waals surface area contributed by atoms with Crippen LogP contribution >= 0.6 is 0 Å². The van der Waals surface area contributed by atoms with Crippen LogP contribution in [-0.2, 0) is 4.79 Å². The maximum atomic E-state index is 11.9. The van der Waals surface area contributed by atoms with E-state index in [2.05, 4.69) is 58.9 Å². The van der Waals surface area contributed by atoms with Crippen LogP contribution in [0.3, 0.4) is 0 Å². The molecule has 1 amide bonds. The molecular formula is C23H35N3O. The number of nitrogens with zero attached hydrogens (tertiary/aromatic N) is 1. The molecular weight excluding hydrogens is 334 g/mol. The van der Waals surface area contributed by atoms with Crippen LogP contribution < -0.4 is 10.6 Å². The normalized spacial score (nSPS) is 24.2. The van der Waals surface area contributed by atoms with Crippen LogP contribution in [-0.4, -0.2) is 48.6 Å². The Morgan fingerprint density at radius 2 is 1.93 bits per heavy atom. The van der Waals surface area contributed by atoms with Crippen LogP contribution in [0.1, 0.15) is 52.0 Å². The van der Waals surface area contributed by atoms with Crippen LogP contribution in [0.2, 0.25) is 0 Å². The zero-order valence-electron chi connectivity index (χ0n) is 17.1. The van der Waals surface area contributed by atoms with Crippen LogP contribution in [0.4, 0.5) is 0 Å². The molecule has 3 rings (SSSR count). The Hall–Kier alpha value is -1.65. The maximum Gasteiger partial charge on any atom is 0.234 e. The molecule has 1 saturated carbocycles. The molecule has 27 heavy (non-hydrogen) atoms. The molecule has 1 saturated heterocycles. The number of amides is 1. The standard InChI is InChI=1S/C23H35N3O/c1-4-19(14-18-8-6-5-7-9-18)21-15-22(21)25-20-10-12-26(13-11-20)16-23(27)24-17(2)3/h5-9,14,17,20-22,25H,4,10-13,15-16H2,1-3H3,(H,24,27)/b19-14+/t21-,22+/m1/s1. The van der Waals surface area contributed by atoms with E-state index in [-0.39, 0.29) is 11.9 Å². The lowest BCUT2D eigenvalue weighted by Crippen LogP contribution is -2.47. The first-order valence-electron chi connectivity index (χ1n) is 10.6. The fourth-order valence-electron chi connectivity index (χ4n) is 4.15. The van der Waals surface area contributed by atoms with Gasteiger partial charge in [-0.05, 0) is 51.0 Å². The van der Waals surface area contributed by atoms with Crippen LogP contribution in [0.15, 0.2) is 35.9 Å². The number of likely N-dealkylation sites (tertiary alicyclic amines) is 1. The minimum atomic E-state index is 0.150. The van der Waals surface area contributed by atoms with Crippen molar-refractivity contribution in [1.82, 2.24) is 15.5 Å². The number of hydrogen-bond donors (Lipinski definition) is 2. The Morgan fingerprint density at radius 1 is 1.22 bits per heavy atom. The molecule has 0 unspecified atom stereocenters. The molecule has 4 nitrogen and oxygen atoms in total. The van der Waals surface area contributed by atoms with Crippen molar-refractivity contribution in [2.75, 3.05) is 19.6 Å². The van der Waals surface area contributed by atoms with Gasteiger partial charge in [0.1, 0.15) is 0 Å². The first kappa shape index (κ1) is 20.1. The van der Waals surface area contributed by atoms with Gasteiger partial charge in [-0.25, -0.2) is 0 Å². The van der Waals surface area contributed by atoms with Gasteiger partial charge in [-0.1, -0.05) is 48.9 Å². The number of carbonyl (C=O) groups excluding carboxylic acids is 1. The summed E-state index contributed by atoms with van der Waals surface area (Å²) in [6.45, 7) is 8.86. The van der Waals surface area contributed by atoms with E-state index in [0.717, 1.165) is 32.4 Å². The van der Waals surface area contributed by atoms with Gasteiger partial charge in [-0.2, -0.15) is 0 Å². The van der Waals surface area contributed by atoms with Crippen molar-refractivity contribution in [2.45, 2.75) is 64.6 Å². The highest BCUT2D eigenvalue weighted by atomic mass is 16.2. The van der Waals surface area contributed by atoms with Crippen molar-refractivity contribution in [2.24, 2.45) is 5.92 Å². The third-order valence-electron chi connectivity index (χ3n) is 5.68. The summed E-state index contributed by atoms with van der Waals surface area (Å²) in [6, 6.07) is 12.1. The smallest absolute Gasteiger partial charge is 0.234 e. The zero-order valence-corrected chi connectivity index (χ0v) is 17.1. The summed E-state index contributed by atoms with van der Waals surface area (Å²) in [7, 11) is 0. The second-order valence-electron chi connectivity index (χ2n) is 8.37. The van der Waals surface area contributed by atoms with Crippen molar-refractivity contribution < 1.29 is 4.79 Å². The molecule has 1 aliphatic carbocycles. The molecule has 1 aromatic carbocycles. The lowest BCUT2D eigenvalue weighted by molar-refractivity contribution is -0.123. The molecule has 1 heterocycles. The topological polar surface area (TPSA) is 44.4 Å². The van der Waals surface area contributed by atoms with Crippen molar-refractivity contribution in [3.63, 3.8) is 0 Å². The average Bonchev–Trinajstić information content (AvgIpc) is 3.40. The number of carbonyl (C=O) groups is 1. The Labute approximate surface area is 164 Å². The van der Waals surface area contributed by atoms with Crippen molar-refractivity contribution in [3.8, 4) is 0 Å². The lowest BCUT2D eigenvalue weighted by Gasteiger charge is -2.32. The van der Waals surface area contributed by atoms with E-state index in [1.54, 1.807) is 5.57 Å². The molecule has 0 aromatic heterocycles. The highest BCUT2D eigenvalue weighted by Crippen LogP contribution is 2.40. The second-order valence-corrected chi connectivity index (χ2v) is 8.37. The molecule has 2 atom stereocenters. The van der Waals surface area contributed by atoms with Crippen LogP contribution in [0.5, 0.6) is 0 Å². The van der Waals surface area contributed by atoms with Gasteiger partial charge in [0.05, 0.1) is 6.54 Å². The number of hydrogen-bond acceptors (Lipinski definition) is 3. The predicted molar refractivity (Wildman–Crippen MR) is 112 cm³/mol. The van der Waals surface area contributed by atoms with E-state index >= 15 is 0 Å². The fraction of sp³-hybridized carbons (Fsp3) is 0.609. The summed E-state index contributed by atoms with van der Waals surface area (Å²) in [4.78, 5) is 14.2. The van der Waals surface area contributed by atoms with E-state index in [0.29, 0.717) is 24.5 Å². The average molecular weight is 370 g/mol. The first-order chi connectivity index (χ1) is 13.0. The lowest BCUT2D eigenvalue weighted by atomic mass is 10.0. The number of piperidine rings is 1.